The van der Waals surface area contributed by atoms with Crippen LogP contribution in [0.5, 0.6) is 11.6 Å². The highest BCUT2D eigenvalue weighted by Crippen LogP contribution is 2.37. The zero-order chi connectivity index (χ0) is 17.9. The summed E-state index contributed by atoms with van der Waals surface area (Å²) in [6, 6.07) is 10.7. The molecule has 0 spiro atoms. The van der Waals surface area contributed by atoms with Crippen molar-refractivity contribution in [1.29, 1.82) is 0 Å². The van der Waals surface area contributed by atoms with Crippen molar-refractivity contribution in [3.05, 3.63) is 59.7 Å². The van der Waals surface area contributed by atoms with Gasteiger partial charge in [-0.2, -0.15) is 0 Å². The quantitative estimate of drug-likeness (QED) is 0.863. The molecule has 0 bridgehead atoms. The summed E-state index contributed by atoms with van der Waals surface area (Å²) in [6.45, 7) is 1.83. The number of nitrogens with one attached hydrogen (secondary N) is 2. The molecule has 1 aromatic heterocycles. The highest BCUT2D eigenvalue weighted by Gasteiger charge is 2.25. The van der Waals surface area contributed by atoms with E-state index in [9.17, 15) is 4.39 Å². The molecule has 0 saturated carbocycles. The Kier molecular flexibility index (Phi) is 4.75. The number of ether oxygens (including phenoxy) is 2. The lowest BCUT2D eigenvalue weighted by Gasteiger charge is -2.15. The van der Waals surface area contributed by atoms with Crippen LogP contribution < -0.4 is 20.1 Å². The van der Waals surface area contributed by atoms with Gasteiger partial charge in [-0.15, -0.1) is 0 Å². The van der Waals surface area contributed by atoms with Crippen molar-refractivity contribution in [3.63, 3.8) is 0 Å². The molecule has 2 N–H and O–H groups in total. The third-order valence-corrected chi connectivity index (χ3v) is 4.80. The van der Waals surface area contributed by atoms with Crippen molar-refractivity contribution in [2.45, 2.75) is 25.0 Å². The number of hydrogen-bond acceptors (Lipinski definition) is 5. The van der Waals surface area contributed by atoms with E-state index in [2.05, 4.69) is 15.6 Å². The fourth-order valence-corrected chi connectivity index (χ4v) is 3.48. The first kappa shape index (κ1) is 16.8. The van der Waals surface area contributed by atoms with Crippen LogP contribution in [0.4, 0.5) is 4.39 Å². The SMILES string of the molecule is COc1cccc(F)c1C1=CNC(c2cccc(OC3CCNC3)n2)C1. The molecule has 26 heavy (non-hydrogen) atoms. The normalized spacial score (nSPS) is 22.0. The van der Waals surface area contributed by atoms with Crippen molar-refractivity contribution in [2.75, 3.05) is 20.2 Å². The molecule has 2 aliphatic heterocycles. The van der Waals surface area contributed by atoms with Crippen molar-refractivity contribution < 1.29 is 13.9 Å². The molecule has 0 amide bonds. The van der Waals surface area contributed by atoms with Gasteiger partial charge < -0.3 is 20.1 Å². The Morgan fingerprint density at radius 1 is 1.19 bits per heavy atom. The van der Waals surface area contributed by atoms with Crippen LogP contribution in [-0.2, 0) is 0 Å². The second kappa shape index (κ2) is 7.33. The van der Waals surface area contributed by atoms with Gasteiger partial charge in [-0.25, -0.2) is 9.37 Å². The van der Waals surface area contributed by atoms with E-state index in [-0.39, 0.29) is 18.0 Å². The maximum Gasteiger partial charge on any atom is 0.213 e. The molecule has 5 nitrogen and oxygen atoms in total. The first-order valence-electron chi connectivity index (χ1n) is 8.87. The van der Waals surface area contributed by atoms with Gasteiger partial charge in [0, 0.05) is 25.2 Å². The number of methoxy groups -OCH3 is 1. The molecule has 136 valence electrons. The first-order valence-corrected chi connectivity index (χ1v) is 8.87. The lowest BCUT2D eigenvalue weighted by atomic mass is 9.99. The molecule has 2 aromatic rings. The first-order chi connectivity index (χ1) is 12.7. The fraction of sp³-hybridized carbons (Fsp3) is 0.350. The molecular formula is C20H22FN3O2. The summed E-state index contributed by atoms with van der Waals surface area (Å²) < 4.78 is 25.6. The van der Waals surface area contributed by atoms with Crippen molar-refractivity contribution in [3.8, 4) is 11.6 Å². The molecule has 2 aliphatic rings. The minimum Gasteiger partial charge on any atom is -0.496 e. The average Bonchev–Trinajstić information content (AvgIpc) is 3.33. The summed E-state index contributed by atoms with van der Waals surface area (Å²) in [6.07, 6.45) is 3.65. The summed E-state index contributed by atoms with van der Waals surface area (Å²) in [5, 5.41) is 6.59. The topological polar surface area (TPSA) is 55.4 Å². The molecule has 2 unspecified atom stereocenters. The Bertz CT molecular complexity index is 818. The Morgan fingerprint density at radius 2 is 2.08 bits per heavy atom. The molecule has 6 heteroatoms. The van der Waals surface area contributed by atoms with Crippen LogP contribution in [0, 0.1) is 5.82 Å². The van der Waals surface area contributed by atoms with E-state index in [1.807, 2.05) is 24.4 Å². The minimum atomic E-state index is -0.281. The molecule has 2 atom stereocenters. The second-order valence-electron chi connectivity index (χ2n) is 6.54. The number of halogens is 1. The standard InChI is InChI=1S/C20H22FN3O2/c1-25-18-6-2-4-15(21)20(18)13-10-17(23-11-13)16-5-3-7-19(24-16)26-14-8-9-22-12-14/h2-7,11,14,17,22-23H,8-10,12H2,1H3. The van der Waals surface area contributed by atoms with Gasteiger partial charge in [0.2, 0.25) is 5.88 Å². The molecule has 4 rings (SSSR count). The third-order valence-electron chi connectivity index (χ3n) is 4.80. The van der Waals surface area contributed by atoms with Crippen LogP contribution in [0.15, 0.2) is 42.6 Å². The molecule has 1 aromatic carbocycles. The van der Waals surface area contributed by atoms with Gasteiger partial charge in [0.1, 0.15) is 17.7 Å². The summed E-state index contributed by atoms with van der Waals surface area (Å²) in [7, 11) is 1.55. The molecular weight excluding hydrogens is 333 g/mol. The van der Waals surface area contributed by atoms with Crippen molar-refractivity contribution in [2.24, 2.45) is 0 Å². The number of rotatable bonds is 5. The summed E-state index contributed by atoms with van der Waals surface area (Å²) in [5.41, 5.74) is 2.27. The van der Waals surface area contributed by atoms with Gasteiger partial charge in [-0.1, -0.05) is 12.1 Å². The smallest absolute Gasteiger partial charge is 0.213 e. The zero-order valence-corrected chi connectivity index (χ0v) is 14.7. The van der Waals surface area contributed by atoms with Crippen LogP contribution >= 0.6 is 0 Å². The summed E-state index contributed by atoms with van der Waals surface area (Å²) in [4.78, 5) is 4.64. The Balaban J connectivity index is 1.50. The van der Waals surface area contributed by atoms with Crippen molar-refractivity contribution >= 4 is 5.57 Å². The van der Waals surface area contributed by atoms with E-state index < -0.39 is 0 Å². The Labute approximate surface area is 152 Å². The van der Waals surface area contributed by atoms with Gasteiger partial charge in [0.05, 0.1) is 24.4 Å². The minimum absolute atomic E-state index is 0.0143. The van der Waals surface area contributed by atoms with Crippen LogP contribution in [-0.4, -0.2) is 31.3 Å². The van der Waals surface area contributed by atoms with E-state index in [4.69, 9.17) is 9.47 Å². The van der Waals surface area contributed by atoms with Crippen LogP contribution in [0.25, 0.3) is 5.57 Å². The molecule has 1 saturated heterocycles. The van der Waals surface area contributed by atoms with Gasteiger partial charge in [-0.05, 0) is 36.7 Å². The zero-order valence-electron chi connectivity index (χ0n) is 14.7. The number of nitrogens with zero attached hydrogens (tertiary/aromatic N) is 1. The average molecular weight is 355 g/mol. The van der Waals surface area contributed by atoms with Gasteiger partial charge >= 0.3 is 0 Å². The largest absolute Gasteiger partial charge is 0.496 e. The molecule has 1 fully saturated rings. The number of benzene rings is 1. The van der Waals surface area contributed by atoms with Crippen LogP contribution in [0.1, 0.15) is 30.1 Å². The highest BCUT2D eigenvalue weighted by atomic mass is 19.1. The van der Waals surface area contributed by atoms with E-state index >= 15 is 0 Å². The highest BCUT2D eigenvalue weighted by molar-refractivity contribution is 5.73. The Hall–Kier alpha value is -2.60. The maximum atomic E-state index is 14.3. The number of aromatic nitrogens is 1. The monoisotopic (exact) mass is 355 g/mol. The maximum absolute atomic E-state index is 14.3. The molecule has 3 heterocycles. The van der Waals surface area contributed by atoms with Gasteiger partial charge in [0.25, 0.3) is 0 Å². The van der Waals surface area contributed by atoms with E-state index in [1.54, 1.807) is 19.2 Å². The molecule has 0 radical (unpaired) electrons. The lowest BCUT2D eigenvalue weighted by Crippen LogP contribution is -2.20. The molecule has 0 aliphatic carbocycles. The Morgan fingerprint density at radius 3 is 2.88 bits per heavy atom. The predicted molar refractivity (Wildman–Crippen MR) is 97.6 cm³/mol. The van der Waals surface area contributed by atoms with Crippen molar-refractivity contribution in [1.82, 2.24) is 15.6 Å². The number of hydrogen-bond donors (Lipinski definition) is 2. The fourth-order valence-electron chi connectivity index (χ4n) is 3.48. The lowest BCUT2D eigenvalue weighted by molar-refractivity contribution is 0.213. The predicted octanol–water partition coefficient (Wildman–Crippen LogP) is 3.05. The summed E-state index contributed by atoms with van der Waals surface area (Å²) in [5.74, 6) is 0.893. The van der Waals surface area contributed by atoms with Gasteiger partial charge in [-0.3, -0.25) is 0 Å². The summed E-state index contributed by atoms with van der Waals surface area (Å²) >= 11 is 0. The van der Waals surface area contributed by atoms with Gasteiger partial charge in [0.15, 0.2) is 0 Å². The van der Waals surface area contributed by atoms with E-state index in [1.165, 1.54) is 6.07 Å². The van der Waals surface area contributed by atoms with E-state index in [0.29, 0.717) is 23.6 Å². The number of pyridine rings is 1. The van der Waals surface area contributed by atoms with Crippen LogP contribution in [0.2, 0.25) is 0 Å². The third kappa shape index (κ3) is 3.37. The van der Waals surface area contributed by atoms with Crippen LogP contribution in [0.3, 0.4) is 0 Å². The second-order valence-corrected chi connectivity index (χ2v) is 6.54. The van der Waals surface area contributed by atoms with E-state index in [0.717, 1.165) is 30.8 Å².